The van der Waals surface area contributed by atoms with E-state index in [-0.39, 0.29) is 11.3 Å². The van der Waals surface area contributed by atoms with Crippen molar-refractivity contribution >= 4 is 5.91 Å². The largest absolute Gasteiger partial charge is 0.356 e. The van der Waals surface area contributed by atoms with Gasteiger partial charge in [0.1, 0.15) is 0 Å². The molecule has 2 atom stereocenters. The number of carbonyl (C=O) groups is 1. The molecule has 2 N–H and O–H groups in total. The summed E-state index contributed by atoms with van der Waals surface area (Å²) in [4.78, 5) is 11.1. The smallest absolute Gasteiger partial charge is 0.220 e. The molecule has 68 valence electrons. The fraction of sp³-hybridized carbons (Fsp3) is 0.889. The fourth-order valence-electron chi connectivity index (χ4n) is 2.33. The Labute approximate surface area is 72.9 Å². The quantitative estimate of drug-likeness (QED) is 0.584. The fourth-order valence-corrected chi connectivity index (χ4v) is 2.33. The van der Waals surface area contributed by atoms with Gasteiger partial charge in [0.25, 0.3) is 0 Å². The molecule has 2 aliphatic rings. The molecular formula is C9H16N2O. The first kappa shape index (κ1) is 8.05. The second-order valence-corrected chi connectivity index (χ2v) is 4.30. The molecular weight excluding hydrogens is 152 g/mol. The van der Waals surface area contributed by atoms with Gasteiger partial charge in [-0.2, -0.15) is 0 Å². The number of nitrogens with one attached hydrogen (secondary N) is 2. The Morgan fingerprint density at radius 3 is 2.92 bits per heavy atom. The summed E-state index contributed by atoms with van der Waals surface area (Å²) in [5.74, 6) is 0.917. The van der Waals surface area contributed by atoms with E-state index in [2.05, 4.69) is 17.6 Å². The molecule has 3 nitrogen and oxygen atoms in total. The molecule has 0 aliphatic carbocycles. The molecule has 0 aromatic rings. The Hall–Kier alpha value is -0.570. The highest BCUT2D eigenvalue weighted by Gasteiger charge is 2.41. The monoisotopic (exact) mass is 168 g/mol. The number of hydrogen-bond donors (Lipinski definition) is 2. The van der Waals surface area contributed by atoms with Crippen molar-refractivity contribution in [2.24, 2.45) is 11.3 Å². The van der Waals surface area contributed by atoms with Gasteiger partial charge in [0.05, 0.1) is 0 Å². The van der Waals surface area contributed by atoms with Gasteiger partial charge in [0, 0.05) is 13.0 Å². The first-order valence-electron chi connectivity index (χ1n) is 4.68. The summed E-state index contributed by atoms with van der Waals surface area (Å²) in [5, 5.41) is 6.27. The van der Waals surface area contributed by atoms with E-state index in [9.17, 15) is 4.79 Å². The summed E-state index contributed by atoms with van der Waals surface area (Å²) >= 11 is 0. The first-order valence-corrected chi connectivity index (χ1v) is 4.68. The van der Waals surface area contributed by atoms with Gasteiger partial charge in [0.15, 0.2) is 0 Å². The molecule has 0 aromatic heterocycles. The Bertz CT molecular complexity index is 199. The summed E-state index contributed by atoms with van der Waals surface area (Å²) in [6, 6.07) is 0. The highest BCUT2D eigenvalue weighted by atomic mass is 16.1. The lowest BCUT2D eigenvalue weighted by molar-refractivity contribution is -0.119. The average molecular weight is 168 g/mol. The van der Waals surface area contributed by atoms with Crippen LogP contribution < -0.4 is 10.6 Å². The lowest BCUT2D eigenvalue weighted by atomic mass is 9.76. The van der Waals surface area contributed by atoms with Crippen molar-refractivity contribution < 1.29 is 4.79 Å². The molecule has 12 heavy (non-hydrogen) atoms. The van der Waals surface area contributed by atoms with E-state index in [0.717, 1.165) is 26.1 Å². The maximum absolute atomic E-state index is 11.1. The van der Waals surface area contributed by atoms with Crippen molar-refractivity contribution in [2.45, 2.75) is 19.8 Å². The zero-order valence-electron chi connectivity index (χ0n) is 7.52. The van der Waals surface area contributed by atoms with Crippen LogP contribution >= 0.6 is 0 Å². The second kappa shape index (κ2) is 2.73. The predicted molar refractivity (Wildman–Crippen MR) is 46.7 cm³/mol. The van der Waals surface area contributed by atoms with E-state index in [1.54, 1.807) is 0 Å². The molecule has 0 saturated carbocycles. The van der Waals surface area contributed by atoms with Gasteiger partial charge >= 0.3 is 0 Å². The number of rotatable bonds is 1. The standard InChI is InChI=1S/C9H16N2O/c1-9(4-8(12)11-6-9)7-2-3-10-5-7/h7,10H,2-6H2,1H3,(H,11,12). The lowest BCUT2D eigenvalue weighted by Crippen LogP contribution is -2.31. The Kier molecular flexibility index (Phi) is 1.83. The Morgan fingerprint density at radius 1 is 1.58 bits per heavy atom. The highest BCUT2D eigenvalue weighted by Crippen LogP contribution is 2.37. The van der Waals surface area contributed by atoms with Gasteiger partial charge in [-0.15, -0.1) is 0 Å². The van der Waals surface area contributed by atoms with Crippen molar-refractivity contribution in [1.82, 2.24) is 10.6 Å². The SMILES string of the molecule is CC1(C2CCNC2)CNC(=O)C1. The van der Waals surface area contributed by atoms with E-state index in [4.69, 9.17) is 0 Å². The summed E-state index contributed by atoms with van der Waals surface area (Å²) in [6.45, 7) is 5.31. The van der Waals surface area contributed by atoms with Crippen LogP contribution in [0.3, 0.4) is 0 Å². The summed E-state index contributed by atoms with van der Waals surface area (Å²) < 4.78 is 0. The normalized spacial score (nSPS) is 41.8. The van der Waals surface area contributed by atoms with E-state index in [0.29, 0.717) is 5.92 Å². The average Bonchev–Trinajstić information content (AvgIpc) is 2.59. The van der Waals surface area contributed by atoms with Crippen molar-refractivity contribution in [3.05, 3.63) is 0 Å². The molecule has 1 amide bonds. The minimum Gasteiger partial charge on any atom is -0.356 e. The van der Waals surface area contributed by atoms with E-state index < -0.39 is 0 Å². The van der Waals surface area contributed by atoms with Crippen LogP contribution in [0.25, 0.3) is 0 Å². The molecule has 3 heteroatoms. The molecule has 0 bridgehead atoms. The molecule has 0 aromatic carbocycles. The van der Waals surface area contributed by atoms with Gasteiger partial charge in [-0.05, 0) is 30.8 Å². The zero-order chi connectivity index (χ0) is 8.60. The van der Waals surface area contributed by atoms with Crippen LogP contribution in [0, 0.1) is 11.3 Å². The van der Waals surface area contributed by atoms with Crippen LogP contribution in [-0.4, -0.2) is 25.5 Å². The second-order valence-electron chi connectivity index (χ2n) is 4.30. The number of amides is 1. The Balaban J connectivity index is 2.05. The minimum atomic E-state index is 0.223. The molecule has 2 heterocycles. The van der Waals surface area contributed by atoms with Gasteiger partial charge in [-0.3, -0.25) is 4.79 Å². The summed E-state index contributed by atoms with van der Waals surface area (Å²) in [7, 11) is 0. The maximum atomic E-state index is 11.1. The molecule has 2 fully saturated rings. The van der Waals surface area contributed by atoms with Crippen LogP contribution in [0.5, 0.6) is 0 Å². The van der Waals surface area contributed by atoms with E-state index in [1.807, 2.05) is 0 Å². The molecule has 0 spiro atoms. The summed E-state index contributed by atoms with van der Waals surface area (Å²) in [6.07, 6.45) is 1.95. The van der Waals surface area contributed by atoms with E-state index >= 15 is 0 Å². The minimum absolute atomic E-state index is 0.223. The van der Waals surface area contributed by atoms with Crippen LogP contribution in [0.15, 0.2) is 0 Å². The highest BCUT2D eigenvalue weighted by molar-refractivity contribution is 5.79. The van der Waals surface area contributed by atoms with Crippen LogP contribution in [0.2, 0.25) is 0 Å². The third-order valence-corrected chi connectivity index (χ3v) is 3.30. The molecule has 2 saturated heterocycles. The summed E-state index contributed by atoms with van der Waals surface area (Å²) in [5.41, 5.74) is 0.223. The number of carbonyl (C=O) groups excluding carboxylic acids is 1. The van der Waals surface area contributed by atoms with Gasteiger partial charge in [-0.1, -0.05) is 6.92 Å². The van der Waals surface area contributed by atoms with E-state index in [1.165, 1.54) is 6.42 Å². The number of hydrogen-bond acceptors (Lipinski definition) is 2. The Morgan fingerprint density at radius 2 is 2.42 bits per heavy atom. The van der Waals surface area contributed by atoms with Crippen molar-refractivity contribution in [1.29, 1.82) is 0 Å². The van der Waals surface area contributed by atoms with Gasteiger partial charge in [-0.25, -0.2) is 0 Å². The molecule has 0 radical (unpaired) electrons. The van der Waals surface area contributed by atoms with Crippen molar-refractivity contribution in [3.8, 4) is 0 Å². The lowest BCUT2D eigenvalue weighted by Gasteiger charge is -2.28. The van der Waals surface area contributed by atoms with Crippen molar-refractivity contribution in [3.63, 3.8) is 0 Å². The zero-order valence-corrected chi connectivity index (χ0v) is 7.52. The molecule has 2 unspecified atom stereocenters. The molecule has 2 rings (SSSR count). The molecule has 2 aliphatic heterocycles. The van der Waals surface area contributed by atoms with Gasteiger partial charge < -0.3 is 10.6 Å². The first-order chi connectivity index (χ1) is 5.71. The van der Waals surface area contributed by atoms with Gasteiger partial charge in [0.2, 0.25) is 5.91 Å². The van der Waals surface area contributed by atoms with Crippen molar-refractivity contribution in [2.75, 3.05) is 19.6 Å². The third-order valence-electron chi connectivity index (χ3n) is 3.30. The van der Waals surface area contributed by atoms with Crippen LogP contribution in [0.1, 0.15) is 19.8 Å². The van der Waals surface area contributed by atoms with Crippen LogP contribution in [-0.2, 0) is 4.79 Å². The maximum Gasteiger partial charge on any atom is 0.220 e. The topological polar surface area (TPSA) is 41.1 Å². The third kappa shape index (κ3) is 1.22. The predicted octanol–water partition coefficient (Wildman–Crippen LogP) is 0.122. The van der Waals surface area contributed by atoms with Crippen LogP contribution in [0.4, 0.5) is 0 Å².